The number of amides is 1. The van der Waals surface area contributed by atoms with Crippen molar-refractivity contribution in [2.45, 2.75) is 27.7 Å². The van der Waals surface area contributed by atoms with Gasteiger partial charge in [-0.3, -0.25) is 10.1 Å². The molecule has 0 aliphatic rings. The van der Waals surface area contributed by atoms with Crippen molar-refractivity contribution in [3.8, 4) is 21.7 Å². The summed E-state index contributed by atoms with van der Waals surface area (Å²) < 4.78 is 0. The third-order valence-electron chi connectivity index (χ3n) is 5.48. The molecule has 1 amide bonds. The Morgan fingerprint density at radius 1 is 0.800 bits per heavy atom. The predicted molar refractivity (Wildman–Crippen MR) is 124 cm³/mol. The Morgan fingerprint density at radius 3 is 2.03 bits per heavy atom. The van der Waals surface area contributed by atoms with Gasteiger partial charge in [0.05, 0.1) is 0 Å². The van der Waals surface area contributed by atoms with Crippen LogP contribution in [-0.4, -0.2) is 16.1 Å². The van der Waals surface area contributed by atoms with Crippen molar-refractivity contribution >= 4 is 22.4 Å². The van der Waals surface area contributed by atoms with Crippen LogP contribution in [0.3, 0.4) is 0 Å². The van der Waals surface area contributed by atoms with Crippen molar-refractivity contribution < 1.29 is 4.79 Å². The van der Waals surface area contributed by atoms with Crippen molar-refractivity contribution in [3.63, 3.8) is 0 Å². The second-order valence-electron chi connectivity index (χ2n) is 7.45. The van der Waals surface area contributed by atoms with Crippen LogP contribution in [-0.2, 0) is 0 Å². The lowest BCUT2D eigenvalue weighted by Gasteiger charge is -2.12. The molecule has 0 atom stereocenters. The molecule has 0 radical (unpaired) electrons. The van der Waals surface area contributed by atoms with E-state index in [0.29, 0.717) is 10.7 Å². The van der Waals surface area contributed by atoms with Gasteiger partial charge in [-0.15, -0.1) is 10.2 Å². The van der Waals surface area contributed by atoms with Crippen molar-refractivity contribution in [1.82, 2.24) is 10.2 Å². The highest BCUT2D eigenvalue weighted by Crippen LogP contribution is 2.34. The number of nitrogens with zero attached hydrogens (tertiary/aromatic N) is 2. The zero-order valence-electron chi connectivity index (χ0n) is 17.5. The third kappa shape index (κ3) is 3.89. The minimum Gasteiger partial charge on any atom is -0.296 e. The van der Waals surface area contributed by atoms with Crippen LogP contribution in [0.5, 0.6) is 0 Å². The first kappa shape index (κ1) is 20.0. The molecule has 0 spiro atoms. The summed E-state index contributed by atoms with van der Waals surface area (Å²) in [6, 6.07) is 19.9. The van der Waals surface area contributed by atoms with Gasteiger partial charge in [0.1, 0.15) is 5.01 Å². The van der Waals surface area contributed by atoms with Gasteiger partial charge in [-0.1, -0.05) is 59.9 Å². The van der Waals surface area contributed by atoms with E-state index in [9.17, 15) is 4.79 Å². The fourth-order valence-electron chi connectivity index (χ4n) is 3.53. The molecule has 0 aliphatic heterocycles. The highest BCUT2D eigenvalue weighted by molar-refractivity contribution is 7.18. The molecule has 150 valence electrons. The Morgan fingerprint density at radius 2 is 1.40 bits per heavy atom. The van der Waals surface area contributed by atoms with Crippen LogP contribution >= 0.6 is 11.3 Å². The second kappa shape index (κ2) is 8.20. The van der Waals surface area contributed by atoms with E-state index in [-0.39, 0.29) is 5.91 Å². The molecule has 1 heterocycles. The van der Waals surface area contributed by atoms with Crippen LogP contribution < -0.4 is 5.32 Å². The Bertz CT molecular complexity index is 1190. The van der Waals surface area contributed by atoms with E-state index in [1.807, 2.05) is 42.5 Å². The van der Waals surface area contributed by atoms with E-state index < -0.39 is 0 Å². The first-order chi connectivity index (χ1) is 14.4. The molecule has 1 aromatic heterocycles. The molecule has 30 heavy (non-hydrogen) atoms. The summed E-state index contributed by atoms with van der Waals surface area (Å²) in [7, 11) is 0. The van der Waals surface area contributed by atoms with Crippen LogP contribution in [0.1, 0.15) is 32.6 Å². The highest BCUT2D eigenvalue weighted by Gasteiger charge is 2.16. The number of hydrogen-bond donors (Lipinski definition) is 1. The summed E-state index contributed by atoms with van der Waals surface area (Å²) >= 11 is 1.40. The van der Waals surface area contributed by atoms with E-state index in [0.717, 1.165) is 21.7 Å². The van der Waals surface area contributed by atoms with Gasteiger partial charge in [-0.05, 0) is 73.2 Å². The van der Waals surface area contributed by atoms with Crippen molar-refractivity contribution in [2.24, 2.45) is 0 Å². The number of aryl methyl sites for hydroxylation is 2. The Hall–Kier alpha value is -3.31. The SMILES string of the molecule is Cc1cc(C)c(C)c(-c2nnc(NC(=O)c3ccc(-c4ccccc4)cc3)s2)c1C. The summed E-state index contributed by atoms with van der Waals surface area (Å²) in [5.74, 6) is -0.189. The van der Waals surface area contributed by atoms with Crippen LogP contribution in [0.4, 0.5) is 5.13 Å². The van der Waals surface area contributed by atoms with E-state index >= 15 is 0 Å². The van der Waals surface area contributed by atoms with Gasteiger partial charge in [0.2, 0.25) is 5.13 Å². The molecule has 0 aliphatic carbocycles. The van der Waals surface area contributed by atoms with E-state index in [1.165, 1.54) is 33.6 Å². The van der Waals surface area contributed by atoms with Crippen LogP contribution in [0.25, 0.3) is 21.7 Å². The predicted octanol–water partition coefficient (Wildman–Crippen LogP) is 6.36. The molecule has 5 heteroatoms. The maximum atomic E-state index is 12.7. The lowest BCUT2D eigenvalue weighted by atomic mass is 9.95. The van der Waals surface area contributed by atoms with Gasteiger partial charge in [0.15, 0.2) is 0 Å². The second-order valence-corrected chi connectivity index (χ2v) is 8.42. The first-order valence-electron chi connectivity index (χ1n) is 9.82. The fourth-order valence-corrected chi connectivity index (χ4v) is 4.42. The van der Waals surface area contributed by atoms with E-state index in [1.54, 1.807) is 0 Å². The average molecular weight is 414 g/mol. The maximum Gasteiger partial charge on any atom is 0.257 e. The molecule has 1 N–H and O–H groups in total. The van der Waals surface area contributed by atoms with Crippen LogP contribution in [0.15, 0.2) is 60.7 Å². The number of carbonyl (C=O) groups is 1. The molecule has 0 fully saturated rings. The average Bonchev–Trinajstić information content (AvgIpc) is 3.21. The topological polar surface area (TPSA) is 54.9 Å². The number of rotatable bonds is 4. The normalized spacial score (nSPS) is 10.8. The number of carbonyl (C=O) groups excluding carboxylic acids is 1. The lowest BCUT2D eigenvalue weighted by molar-refractivity contribution is 0.102. The molecule has 0 saturated carbocycles. The maximum absolute atomic E-state index is 12.7. The zero-order chi connectivity index (χ0) is 21.3. The quantitative estimate of drug-likeness (QED) is 0.424. The Labute approximate surface area is 180 Å². The summed E-state index contributed by atoms with van der Waals surface area (Å²) in [6.45, 7) is 8.41. The van der Waals surface area contributed by atoms with Gasteiger partial charge < -0.3 is 0 Å². The molecule has 0 saturated heterocycles. The van der Waals surface area contributed by atoms with Gasteiger partial charge in [-0.25, -0.2) is 0 Å². The Balaban J connectivity index is 1.54. The van der Waals surface area contributed by atoms with Gasteiger partial charge in [0.25, 0.3) is 5.91 Å². The van der Waals surface area contributed by atoms with Gasteiger partial charge in [0, 0.05) is 11.1 Å². The fraction of sp³-hybridized carbons (Fsp3) is 0.160. The number of hydrogen-bond acceptors (Lipinski definition) is 4. The summed E-state index contributed by atoms with van der Waals surface area (Å²) in [5, 5.41) is 12.8. The third-order valence-corrected chi connectivity index (χ3v) is 6.34. The lowest BCUT2D eigenvalue weighted by Crippen LogP contribution is -2.11. The smallest absolute Gasteiger partial charge is 0.257 e. The largest absolute Gasteiger partial charge is 0.296 e. The minimum absolute atomic E-state index is 0.189. The zero-order valence-corrected chi connectivity index (χ0v) is 18.3. The molecule has 4 nitrogen and oxygen atoms in total. The van der Waals surface area contributed by atoms with Gasteiger partial charge in [-0.2, -0.15) is 0 Å². The van der Waals surface area contributed by atoms with E-state index in [2.05, 4.69) is 61.4 Å². The van der Waals surface area contributed by atoms with Crippen LogP contribution in [0.2, 0.25) is 0 Å². The molecule has 0 bridgehead atoms. The number of aromatic nitrogens is 2. The summed E-state index contributed by atoms with van der Waals surface area (Å²) in [6.07, 6.45) is 0. The molecule has 4 rings (SSSR count). The number of benzene rings is 3. The van der Waals surface area contributed by atoms with Crippen molar-refractivity contribution in [2.75, 3.05) is 5.32 Å². The Kier molecular flexibility index (Phi) is 5.46. The van der Waals surface area contributed by atoms with Crippen molar-refractivity contribution in [1.29, 1.82) is 0 Å². The van der Waals surface area contributed by atoms with Crippen molar-refractivity contribution in [3.05, 3.63) is 88.5 Å². The molecule has 4 aromatic rings. The molecular formula is C25H23N3OS. The monoisotopic (exact) mass is 413 g/mol. The van der Waals surface area contributed by atoms with Crippen LogP contribution in [0, 0.1) is 27.7 Å². The molecule has 3 aromatic carbocycles. The standard InChI is InChI=1S/C25H23N3OS/c1-15-14-16(2)18(4)22(17(15)3)24-27-28-25(30-24)26-23(29)21-12-10-20(11-13-21)19-8-6-5-7-9-19/h5-14H,1-4H3,(H,26,28,29). The summed E-state index contributed by atoms with van der Waals surface area (Å²) in [5.41, 5.74) is 8.75. The molecule has 0 unspecified atom stereocenters. The number of anilines is 1. The van der Waals surface area contributed by atoms with E-state index in [4.69, 9.17) is 0 Å². The highest BCUT2D eigenvalue weighted by atomic mass is 32.1. The first-order valence-corrected chi connectivity index (χ1v) is 10.6. The number of nitrogens with one attached hydrogen (secondary N) is 1. The molecular weight excluding hydrogens is 390 g/mol. The minimum atomic E-state index is -0.189. The van der Waals surface area contributed by atoms with Gasteiger partial charge >= 0.3 is 0 Å². The summed E-state index contributed by atoms with van der Waals surface area (Å²) in [4.78, 5) is 12.7.